The van der Waals surface area contributed by atoms with E-state index in [9.17, 15) is 4.79 Å². The van der Waals surface area contributed by atoms with Crippen molar-refractivity contribution in [2.45, 2.75) is 13.8 Å². The Labute approximate surface area is 187 Å². The van der Waals surface area contributed by atoms with Gasteiger partial charge in [-0.3, -0.25) is 4.79 Å². The third kappa shape index (κ3) is 4.12. The van der Waals surface area contributed by atoms with E-state index >= 15 is 0 Å². The smallest absolute Gasteiger partial charge is 0.271 e. The number of nitrogens with one attached hydrogen (secondary N) is 1. The molecule has 0 unspecified atom stereocenters. The summed E-state index contributed by atoms with van der Waals surface area (Å²) in [5.74, 6) is -0.245. The molecule has 0 atom stereocenters. The maximum Gasteiger partial charge on any atom is 0.271 e. The van der Waals surface area contributed by atoms with Crippen LogP contribution in [0.4, 0.5) is 5.69 Å². The van der Waals surface area contributed by atoms with Crippen LogP contribution in [0.25, 0.3) is 21.5 Å². The number of hydrazone groups is 1. The van der Waals surface area contributed by atoms with Crippen molar-refractivity contribution in [3.8, 4) is 0 Å². The lowest BCUT2D eigenvalue weighted by molar-refractivity contribution is 0.0955. The molecule has 0 spiro atoms. The molecule has 4 aromatic rings. The number of carbonyl (C=O) groups excluding carboxylic acids is 1. The molecule has 156 valence electrons. The van der Waals surface area contributed by atoms with Crippen LogP contribution < -0.4 is 10.3 Å². The first-order valence-corrected chi connectivity index (χ1v) is 10.8. The van der Waals surface area contributed by atoms with Crippen LogP contribution in [-0.2, 0) is 0 Å². The maximum atomic E-state index is 12.6. The molecule has 0 aliphatic heterocycles. The highest BCUT2D eigenvalue weighted by molar-refractivity contribution is 6.42. The molecule has 0 aliphatic carbocycles. The first-order chi connectivity index (χ1) is 15.1. The molecule has 4 nitrogen and oxygen atoms in total. The lowest BCUT2D eigenvalue weighted by Gasteiger charge is -2.20. The molecule has 1 N–H and O–H groups in total. The molecule has 4 rings (SSSR count). The Morgan fingerprint density at radius 3 is 1.90 bits per heavy atom. The van der Waals surface area contributed by atoms with E-state index in [0.717, 1.165) is 50.9 Å². The summed E-state index contributed by atoms with van der Waals surface area (Å²) in [7, 11) is 0. The molecule has 0 saturated carbocycles. The van der Waals surface area contributed by atoms with Crippen LogP contribution in [0.2, 0.25) is 5.02 Å². The SMILES string of the molecule is CCN(CC)c1ccc(C(=O)NN=Cc2c3ccccc3c(Cl)c3ccccc23)cc1. The molecule has 0 fully saturated rings. The Kier molecular flexibility index (Phi) is 6.19. The van der Waals surface area contributed by atoms with Gasteiger partial charge in [-0.25, -0.2) is 5.43 Å². The van der Waals surface area contributed by atoms with Gasteiger partial charge in [0, 0.05) is 40.7 Å². The van der Waals surface area contributed by atoms with Crippen LogP contribution in [0, 0.1) is 0 Å². The van der Waals surface area contributed by atoms with Crippen LogP contribution in [0.15, 0.2) is 77.9 Å². The summed E-state index contributed by atoms with van der Waals surface area (Å²) < 4.78 is 0. The number of fused-ring (bicyclic) bond motifs is 2. The Morgan fingerprint density at radius 1 is 0.871 bits per heavy atom. The Balaban J connectivity index is 1.62. The Hall–Kier alpha value is -3.37. The van der Waals surface area contributed by atoms with Crippen molar-refractivity contribution >= 4 is 51.0 Å². The summed E-state index contributed by atoms with van der Waals surface area (Å²) in [6.07, 6.45) is 1.70. The summed E-state index contributed by atoms with van der Waals surface area (Å²) in [5, 5.41) is 8.89. The quantitative estimate of drug-likeness (QED) is 0.223. The second kappa shape index (κ2) is 9.19. The summed E-state index contributed by atoms with van der Waals surface area (Å²) >= 11 is 6.65. The predicted octanol–water partition coefficient (Wildman–Crippen LogP) is 6.26. The number of benzene rings is 4. The molecule has 4 aromatic carbocycles. The number of anilines is 1. The zero-order valence-electron chi connectivity index (χ0n) is 17.6. The maximum absolute atomic E-state index is 12.6. The van der Waals surface area contributed by atoms with Gasteiger partial charge in [0.25, 0.3) is 5.91 Å². The first-order valence-electron chi connectivity index (χ1n) is 10.4. The minimum Gasteiger partial charge on any atom is -0.372 e. The van der Waals surface area contributed by atoms with E-state index < -0.39 is 0 Å². The first kappa shape index (κ1) is 20.9. The van der Waals surface area contributed by atoms with E-state index in [1.807, 2.05) is 72.8 Å². The fourth-order valence-electron chi connectivity index (χ4n) is 3.88. The highest BCUT2D eigenvalue weighted by atomic mass is 35.5. The van der Waals surface area contributed by atoms with Crippen molar-refractivity contribution < 1.29 is 4.79 Å². The average molecular weight is 430 g/mol. The highest BCUT2D eigenvalue weighted by Crippen LogP contribution is 2.35. The monoisotopic (exact) mass is 429 g/mol. The van der Waals surface area contributed by atoms with Crippen molar-refractivity contribution in [1.82, 2.24) is 5.43 Å². The highest BCUT2D eigenvalue weighted by Gasteiger charge is 2.11. The number of amides is 1. The van der Waals surface area contributed by atoms with Crippen molar-refractivity contribution in [1.29, 1.82) is 0 Å². The zero-order chi connectivity index (χ0) is 21.8. The largest absolute Gasteiger partial charge is 0.372 e. The van der Waals surface area contributed by atoms with Gasteiger partial charge in [-0.05, 0) is 48.9 Å². The molecular weight excluding hydrogens is 406 g/mol. The average Bonchev–Trinajstić information content (AvgIpc) is 2.82. The van der Waals surface area contributed by atoms with Crippen LogP contribution in [0.1, 0.15) is 29.8 Å². The summed E-state index contributed by atoms with van der Waals surface area (Å²) in [5.41, 5.74) is 5.25. The number of halogens is 1. The number of hydrogen-bond acceptors (Lipinski definition) is 3. The number of carbonyl (C=O) groups is 1. The van der Waals surface area contributed by atoms with E-state index in [2.05, 4.69) is 29.3 Å². The topological polar surface area (TPSA) is 44.7 Å². The molecule has 0 aliphatic rings. The number of rotatable bonds is 6. The van der Waals surface area contributed by atoms with Gasteiger partial charge in [-0.15, -0.1) is 0 Å². The van der Waals surface area contributed by atoms with Crippen LogP contribution in [-0.4, -0.2) is 25.2 Å². The summed E-state index contributed by atoms with van der Waals surface area (Å²) in [4.78, 5) is 14.8. The van der Waals surface area contributed by atoms with Crippen LogP contribution >= 0.6 is 11.6 Å². The summed E-state index contributed by atoms with van der Waals surface area (Å²) in [6.45, 7) is 6.08. The van der Waals surface area contributed by atoms with Gasteiger partial charge in [0.05, 0.1) is 11.2 Å². The van der Waals surface area contributed by atoms with Crippen molar-refractivity contribution in [3.05, 3.63) is 88.9 Å². The zero-order valence-corrected chi connectivity index (χ0v) is 18.4. The molecule has 31 heavy (non-hydrogen) atoms. The van der Waals surface area contributed by atoms with Gasteiger partial charge in [0.2, 0.25) is 0 Å². The minimum atomic E-state index is -0.245. The van der Waals surface area contributed by atoms with Crippen molar-refractivity contribution in [2.75, 3.05) is 18.0 Å². The summed E-state index contributed by atoms with van der Waals surface area (Å²) in [6, 6.07) is 23.5. The molecule has 0 saturated heterocycles. The predicted molar refractivity (Wildman–Crippen MR) is 132 cm³/mol. The van der Waals surface area contributed by atoms with E-state index in [-0.39, 0.29) is 5.91 Å². The molecule has 0 bridgehead atoms. The minimum absolute atomic E-state index is 0.245. The molecule has 5 heteroatoms. The third-order valence-corrected chi connectivity index (χ3v) is 5.93. The molecule has 1 amide bonds. The fraction of sp³-hybridized carbons (Fsp3) is 0.154. The molecule has 0 radical (unpaired) electrons. The lowest BCUT2D eigenvalue weighted by Crippen LogP contribution is -2.22. The van der Waals surface area contributed by atoms with E-state index in [1.54, 1.807) is 6.21 Å². The fourth-order valence-corrected chi connectivity index (χ4v) is 4.21. The van der Waals surface area contributed by atoms with E-state index in [4.69, 9.17) is 11.6 Å². The van der Waals surface area contributed by atoms with Gasteiger partial charge in [0.15, 0.2) is 0 Å². The Morgan fingerprint density at radius 2 is 1.39 bits per heavy atom. The van der Waals surface area contributed by atoms with E-state index in [0.29, 0.717) is 5.56 Å². The molecule has 0 aromatic heterocycles. The second-order valence-corrected chi connectivity index (χ2v) is 7.62. The second-order valence-electron chi connectivity index (χ2n) is 7.24. The Bertz CT molecular complexity index is 1200. The van der Waals surface area contributed by atoms with Crippen molar-refractivity contribution in [2.24, 2.45) is 5.10 Å². The van der Waals surface area contributed by atoms with Crippen LogP contribution in [0.5, 0.6) is 0 Å². The van der Waals surface area contributed by atoms with Gasteiger partial charge in [0.1, 0.15) is 0 Å². The lowest BCUT2D eigenvalue weighted by atomic mass is 9.97. The third-order valence-electron chi connectivity index (χ3n) is 5.53. The van der Waals surface area contributed by atoms with Gasteiger partial charge in [-0.1, -0.05) is 60.1 Å². The number of hydrogen-bond donors (Lipinski definition) is 1. The van der Waals surface area contributed by atoms with Gasteiger partial charge < -0.3 is 4.90 Å². The van der Waals surface area contributed by atoms with Gasteiger partial charge >= 0.3 is 0 Å². The van der Waals surface area contributed by atoms with Crippen LogP contribution in [0.3, 0.4) is 0 Å². The number of nitrogens with zero attached hydrogens (tertiary/aromatic N) is 2. The van der Waals surface area contributed by atoms with Crippen molar-refractivity contribution in [3.63, 3.8) is 0 Å². The standard InChI is InChI=1S/C26H24ClN3O/c1-3-30(4-2)19-15-13-18(14-16-19)26(31)29-28-17-24-20-9-5-7-11-22(20)25(27)23-12-8-6-10-21(23)24/h5-17H,3-4H2,1-2H3,(H,29,31). The molecule has 0 heterocycles. The normalized spacial score (nSPS) is 11.3. The molecular formula is C26H24ClN3O. The van der Waals surface area contributed by atoms with E-state index in [1.165, 1.54) is 0 Å². The van der Waals surface area contributed by atoms with Gasteiger partial charge in [-0.2, -0.15) is 5.10 Å².